The van der Waals surface area contributed by atoms with Gasteiger partial charge in [0, 0.05) is 28.9 Å². The minimum atomic E-state index is 0.0946. The van der Waals surface area contributed by atoms with Gasteiger partial charge in [0.25, 0.3) is 5.91 Å². The highest BCUT2D eigenvalue weighted by Crippen LogP contribution is 2.28. The SMILES string of the molecule is CCN(C(=O)c1csc(-c2ccsc2)n1)C1CCCC1. The molecule has 0 aromatic carbocycles. The minimum absolute atomic E-state index is 0.0946. The number of hydrogen-bond acceptors (Lipinski definition) is 4. The monoisotopic (exact) mass is 306 g/mol. The van der Waals surface area contributed by atoms with E-state index in [0.717, 1.165) is 30.0 Å². The lowest BCUT2D eigenvalue weighted by molar-refractivity contribution is 0.0688. The first-order valence-electron chi connectivity index (χ1n) is 7.08. The van der Waals surface area contributed by atoms with E-state index < -0.39 is 0 Å². The van der Waals surface area contributed by atoms with Crippen molar-refractivity contribution in [3.63, 3.8) is 0 Å². The Balaban J connectivity index is 1.79. The number of amides is 1. The molecule has 0 saturated heterocycles. The van der Waals surface area contributed by atoms with Crippen LogP contribution in [0, 0.1) is 0 Å². The van der Waals surface area contributed by atoms with Gasteiger partial charge in [0.2, 0.25) is 0 Å². The van der Waals surface area contributed by atoms with Gasteiger partial charge in [-0.05, 0) is 31.2 Å². The van der Waals surface area contributed by atoms with Gasteiger partial charge in [-0.25, -0.2) is 4.98 Å². The normalized spacial score (nSPS) is 15.7. The van der Waals surface area contributed by atoms with Gasteiger partial charge in [-0.15, -0.1) is 11.3 Å². The van der Waals surface area contributed by atoms with Crippen molar-refractivity contribution in [3.05, 3.63) is 27.9 Å². The molecular formula is C15H18N2OS2. The van der Waals surface area contributed by atoms with Crippen LogP contribution in [0.2, 0.25) is 0 Å². The molecule has 1 aliphatic rings. The Bertz CT molecular complexity index is 570. The Morgan fingerprint density at radius 3 is 2.85 bits per heavy atom. The smallest absolute Gasteiger partial charge is 0.273 e. The molecule has 3 nitrogen and oxygen atoms in total. The summed E-state index contributed by atoms with van der Waals surface area (Å²) in [6, 6.07) is 2.46. The Kier molecular flexibility index (Phi) is 4.17. The highest BCUT2D eigenvalue weighted by Gasteiger charge is 2.27. The average molecular weight is 306 g/mol. The largest absolute Gasteiger partial charge is 0.335 e. The molecule has 1 saturated carbocycles. The van der Waals surface area contributed by atoms with Crippen molar-refractivity contribution in [2.45, 2.75) is 38.6 Å². The second-order valence-corrected chi connectivity index (χ2v) is 6.72. The first-order valence-corrected chi connectivity index (χ1v) is 8.91. The topological polar surface area (TPSA) is 33.2 Å². The Labute approximate surface area is 127 Å². The van der Waals surface area contributed by atoms with E-state index in [-0.39, 0.29) is 5.91 Å². The molecule has 20 heavy (non-hydrogen) atoms. The molecule has 1 fully saturated rings. The summed E-state index contributed by atoms with van der Waals surface area (Å²) in [6.07, 6.45) is 4.76. The predicted molar refractivity (Wildman–Crippen MR) is 84.4 cm³/mol. The third-order valence-electron chi connectivity index (χ3n) is 3.86. The molecule has 2 aromatic heterocycles. The second-order valence-electron chi connectivity index (χ2n) is 5.08. The molecule has 5 heteroatoms. The van der Waals surface area contributed by atoms with Crippen LogP contribution in [-0.2, 0) is 0 Å². The molecule has 0 unspecified atom stereocenters. The van der Waals surface area contributed by atoms with Crippen molar-refractivity contribution in [2.24, 2.45) is 0 Å². The average Bonchev–Trinajstić information content (AvgIpc) is 3.20. The maximum absolute atomic E-state index is 12.6. The maximum Gasteiger partial charge on any atom is 0.273 e. The van der Waals surface area contributed by atoms with Gasteiger partial charge in [-0.3, -0.25) is 4.79 Å². The molecule has 1 amide bonds. The van der Waals surface area contributed by atoms with Crippen molar-refractivity contribution in [3.8, 4) is 10.6 Å². The molecule has 0 bridgehead atoms. The van der Waals surface area contributed by atoms with Crippen LogP contribution in [0.3, 0.4) is 0 Å². The lowest BCUT2D eigenvalue weighted by Crippen LogP contribution is -2.38. The first-order chi connectivity index (χ1) is 9.79. The Morgan fingerprint density at radius 2 is 2.20 bits per heavy atom. The highest BCUT2D eigenvalue weighted by molar-refractivity contribution is 7.14. The molecular weight excluding hydrogens is 288 g/mol. The van der Waals surface area contributed by atoms with E-state index in [2.05, 4.69) is 17.3 Å². The van der Waals surface area contributed by atoms with Crippen LogP contribution >= 0.6 is 22.7 Å². The number of rotatable bonds is 4. The molecule has 0 atom stereocenters. The van der Waals surface area contributed by atoms with Gasteiger partial charge in [0.1, 0.15) is 10.7 Å². The second kappa shape index (κ2) is 6.06. The molecule has 106 valence electrons. The fourth-order valence-electron chi connectivity index (χ4n) is 2.82. The summed E-state index contributed by atoms with van der Waals surface area (Å²) in [5.74, 6) is 0.0946. The lowest BCUT2D eigenvalue weighted by Gasteiger charge is -2.26. The molecule has 0 aliphatic heterocycles. The number of thiazole rings is 1. The zero-order chi connectivity index (χ0) is 13.9. The highest BCUT2D eigenvalue weighted by atomic mass is 32.1. The zero-order valence-corrected chi connectivity index (χ0v) is 13.2. The first kappa shape index (κ1) is 13.8. The number of thiophene rings is 1. The predicted octanol–water partition coefficient (Wildman–Crippen LogP) is 4.28. The fraction of sp³-hybridized carbons (Fsp3) is 0.467. The van der Waals surface area contributed by atoms with Gasteiger partial charge < -0.3 is 4.90 Å². The molecule has 0 spiro atoms. The maximum atomic E-state index is 12.6. The van der Waals surface area contributed by atoms with Crippen LogP contribution in [0.25, 0.3) is 10.6 Å². The van der Waals surface area contributed by atoms with E-state index in [0.29, 0.717) is 11.7 Å². The van der Waals surface area contributed by atoms with E-state index in [4.69, 9.17) is 0 Å². The van der Waals surface area contributed by atoms with Gasteiger partial charge in [-0.1, -0.05) is 12.8 Å². The summed E-state index contributed by atoms with van der Waals surface area (Å²) in [4.78, 5) is 19.1. The fourth-order valence-corrected chi connectivity index (χ4v) is 4.33. The van der Waals surface area contributed by atoms with Crippen molar-refractivity contribution in [1.82, 2.24) is 9.88 Å². The number of hydrogen-bond donors (Lipinski definition) is 0. The van der Waals surface area contributed by atoms with E-state index in [1.807, 2.05) is 21.7 Å². The number of nitrogens with zero attached hydrogens (tertiary/aromatic N) is 2. The van der Waals surface area contributed by atoms with Gasteiger partial charge in [0.05, 0.1) is 0 Å². The summed E-state index contributed by atoms with van der Waals surface area (Å²) < 4.78 is 0. The molecule has 3 rings (SSSR count). The van der Waals surface area contributed by atoms with Crippen LogP contribution in [0.5, 0.6) is 0 Å². The van der Waals surface area contributed by atoms with Gasteiger partial charge >= 0.3 is 0 Å². The molecule has 2 heterocycles. The Hall–Kier alpha value is -1.20. The molecule has 2 aromatic rings. The zero-order valence-electron chi connectivity index (χ0n) is 11.5. The number of carbonyl (C=O) groups is 1. The third-order valence-corrected chi connectivity index (χ3v) is 5.43. The number of aromatic nitrogens is 1. The third kappa shape index (κ3) is 2.65. The van der Waals surface area contributed by atoms with Crippen molar-refractivity contribution in [1.29, 1.82) is 0 Å². The van der Waals surface area contributed by atoms with Crippen LogP contribution in [0.4, 0.5) is 0 Å². The van der Waals surface area contributed by atoms with Crippen molar-refractivity contribution >= 4 is 28.6 Å². The number of carbonyl (C=O) groups excluding carboxylic acids is 1. The lowest BCUT2D eigenvalue weighted by atomic mass is 10.2. The molecule has 0 N–H and O–H groups in total. The van der Waals surface area contributed by atoms with E-state index in [9.17, 15) is 4.79 Å². The van der Waals surface area contributed by atoms with Crippen LogP contribution < -0.4 is 0 Å². The van der Waals surface area contributed by atoms with E-state index in [1.165, 1.54) is 12.8 Å². The van der Waals surface area contributed by atoms with E-state index in [1.54, 1.807) is 22.7 Å². The minimum Gasteiger partial charge on any atom is -0.335 e. The van der Waals surface area contributed by atoms with Crippen LogP contribution in [0.15, 0.2) is 22.2 Å². The molecule has 1 aliphatic carbocycles. The summed E-state index contributed by atoms with van der Waals surface area (Å²) >= 11 is 3.21. The molecule has 0 radical (unpaired) electrons. The van der Waals surface area contributed by atoms with Crippen LogP contribution in [-0.4, -0.2) is 28.4 Å². The summed E-state index contributed by atoms with van der Waals surface area (Å²) in [6.45, 7) is 2.83. The van der Waals surface area contributed by atoms with Crippen LogP contribution in [0.1, 0.15) is 43.1 Å². The summed E-state index contributed by atoms with van der Waals surface area (Å²) in [7, 11) is 0. The Morgan fingerprint density at radius 1 is 1.40 bits per heavy atom. The van der Waals surface area contributed by atoms with Crippen molar-refractivity contribution < 1.29 is 4.79 Å². The van der Waals surface area contributed by atoms with Gasteiger partial charge in [0.15, 0.2) is 0 Å². The summed E-state index contributed by atoms with van der Waals surface area (Å²) in [5, 5.41) is 6.95. The van der Waals surface area contributed by atoms with Gasteiger partial charge in [-0.2, -0.15) is 11.3 Å². The summed E-state index contributed by atoms with van der Waals surface area (Å²) in [5.41, 5.74) is 1.72. The van der Waals surface area contributed by atoms with E-state index >= 15 is 0 Å². The quantitative estimate of drug-likeness (QED) is 0.845. The standard InChI is InChI=1S/C15H18N2OS2/c1-2-17(12-5-3-4-6-12)15(18)13-10-20-14(16-13)11-7-8-19-9-11/h7-10,12H,2-6H2,1H3. The van der Waals surface area contributed by atoms with Crippen molar-refractivity contribution in [2.75, 3.05) is 6.54 Å².